The summed E-state index contributed by atoms with van der Waals surface area (Å²) < 4.78 is 21.7. The van der Waals surface area contributed by atoms with Crippen LogP contribution in [-0.4, -0.2) is 18.4 Å². The van der Waals surface area contributed by atoms with Crippen LogP contribution in [-0.2, 0) is 15.8 Å². The Balaban J connectivity index is 2.44. The zero-order valence-corrected chi connectivity index (χ0v) is 8.08. The Hall–Kier alpha value is -1.40. The third-order valence-corrected chi connectivity index (χ3v) is 2.59. The molecule has 0 aliphatic heterocycles. The molecule has 0 fully saturated rings. The van der Waals surface area contributed by atoms with Crippen molar-refractivity contribution >= 4 is 21.1 Å². The first-order valence-corrected chi connectivity index (χ1v) is 5.69. The fraction of sp³-hybridized carbons (Fsp3) is 0.125. The Bertz CT molecular complexity index is 559. The molecule has 2 aromatic rings. The fourth-order valence-electron chi connectivity index (χ4n) is 1.30. The number of benzene rings is 1. The number of hydrogen-bond acceptors (Lipinski definition) is 3. The summed E-state index contributed by atoms with van der Waals surface area (Å²) in [5, 5.41) is 4.93. The van der Waals surface area contributed by atoms with Crippen LogP contribution in [0.2, 0.25) is 0 Å². The average molecular weight is 211 g/mol. The van der Waals surface area contributed by atoms with Crippen LogP contribution < -0.4 is 5.14 Å². The molecule has 1 aromatic heterocycles. The third kappa shape index (κ3) is 1.91. The number of imidazole rings is 1. The molecule has 1 aromatic carbocycles. The standard InChI is InChI=1S/C8H9N3O2S/c9-14(12,13)4-6-1-2-7-8(3-6)11-5-10-7/h1-3,5H,4H2,(H,10,11)(H2,9,12,13). The van der Waals surface area contributed by atoms with E-state index in [1.54, 1.807) is 24.5 Å². The van der Waals surface area contributed by atoms with E-state index in [-0.39, 0.29) is 5.75 Å². The van der Waals surface area contributed by atoms with Crippen molar-refractivity contribution in [3.63, 3.8) is 0 Å². The number of hydrogen-bond donors (Lipinski definition) is 2. The molecule has 14 heavy (non-hydrogen) atoms. The third-order valence-electron chi connectivity index (χ3n) is 1.85. The summed E-state index contributed by atoms with van der Waals surface area (Å²) in [7, 11) is -3.46. The minimum Gasteiger partial charge on any atom is -0.345 e. The molecule has 3 N–H and O–H groups in total. The van der Waals surface area contributed by atoms with Crippen LogP contribution in [0.1, 0.15) is 5.56 Å². The molecule has 6 heteroatoms. The predicted molar refractivity (Wildman–Crippen MR) is 52.9 cm³/mol. The summed E-state index contributed by atoms with van der Waals surface area (Å²) in [5.41, 5.74) is 2.28. The van der Waals surface area contributed by atoms with E-state index in [0.717, 1.165) is 11.0 Å². The first-order valence-electron chi connectivity index (χ1n) is 3.97. The van der Waals surface area contributed by atoms with Gasteiger partial charge in [0, 0.05) is 0 Å². The molecule has 0 radical (unpaired) electrons. The second-order valence-corrected chi connectivity index (χ2v) is 4.68. The predicted octanol–water partition coefficient (Wildman–Crippen LogP) is 0.351. The van der Waals surface area contributed by atoms with E-state index in [9.17, 15) is 8.42 Å². The highest BCUT2D eigenvalue weighted by Crippen LogP contribution is 2.12. The first kappa shape index (κ1) is 9.17. The minimum absolute atomic E-state index is 0.151. The SMILES string of the molecule is NS(=O)(=O)Cc1ccc2nc[nH]c2c1. The molecule has 0 bridgehead atoms. The molecule has 0 aliphatic rings. The van der Waals surface area contributed by atoms with Crippen LogP contribution in [0.3, 0.4) is 0 Å². The molecule has 0 unspecified atom stereocenters. The fourth-order valence-corrected chi connectivity index (χ4v) is 1.95. The van der Waals surface area contributed by atoms with Crippen molar-refractivity contribution in [1.29, 1.82) is 0 Å². The lowest BCUT2D eigenvalue weighted by atomic mass is 10.2. The van der Waals surface area contributed by atoms with E-state index in [4.69, 9.17) is 5.14 Å². The Labute approximate surface area is 81.0 Å². The number of primary sulfonamides is 1. The number of fused-ring (bicyclic) bond motifs is 1. The molecule has 0 saturated heterocycles. The van der Waals surface area contributed by atoms with Crippen molar-refractivity contribution in [2.75, 3.05) is 0 Å². The summed E-state index contributed by atoms with van der Waals surface area (Å²) in [4.78, 5) is 6.92. The largest absolute Gasteiger partial charge is 0.345 e. The van der Waals surface area contributed by atoms with Crippen LogP contribution in [0.4, 0.5) is 0 Å². The van der Waals surface area contributed by atoms with Gasteiger partial charge in [0.2, 0.25) is 10.0 Å². The smallest absolute Gasteiger partial charge is 0.213 e. The summed E-state index contributed by atoms with van der Waals surface area (Å²) >= 11 is 0. The van der Waals surface area contributed by atoms with E-state index in [0.29, 0.717) is 5.56 Å². The highest BCUT2D eigenvalue weighted by Gasteiger charge is 2.05. The Kier molecular flexibility index (Phi) is 2.01. The molecular weight excluding hydrogens is 202 g/mol. The van der Waals surface area contributed by atoms with E-state index < -0.39 is 10.0 Å². The van der Waals surface area contributed by atoms with Gasteiger partial charge in [0.25, 0.3) is 0 Å². The van der Waals surface area contributed by atoms with Crippen LogP contribution in [0.15, 0.2) is 24.5 Å². The lowest BCUT2D eigenvalue weighted by Crippen LogP contribution is -2.14. The van der Waals surface area contributed by atoms with Gasteiger partial charge in [-0.1, -0.05) is 6.07 Å². The summed E-state index contributed by atoms with van der Waals surface area (Å²) in [6, 6.07) is 5.19. The Morgan fingerprint density at radius 3 is 2.93 bits per heavy atom. The van der Waals surface area contributed by atoms with Crippen LogP contribution in [0.25, 0.3) is 11.0 Å². The molecular formula is C8H9N3O2S. The maximum Gasteiger partial charge on any atom is 0.213 e. The van der Waals surface area contributed by atoms with Gasteiger partial charge in [-0.2, -0.15) is 0 Å². The van der Waals surface area contributed by atoms with Gasteiger partial charge in [-0.05, 0) is 17.7 Å². The number of aromatic nitrogens is 2. The molecule has 0 spiro atoms. The quantitative estimate of drug-likeness (QED) is 0.751. The zero-order chi connectivity index (χ0) is 10.2. The van der Waals surface area contributed by atoms with Gasteiger partial charge < -0.3 is 4.98 Å². The number of nitrogens with one attached hydrogen (secondary N) is 1. The average Bonchev–Trinajstić information content (AvgIpc) is 2.47. The summed E-state index contributed by atoms with van der Waals surface area (Å²) in [5.74, 6) is -0.151. The lowest BCUT2D eigenvalue weighted by Gasteiger charge is -1.98. The number of H-pyrrole nitrogens is 1. The Morgan fingerprint density at radius 1 is 1.43 bits per heavy atom. The van der Waals surface area contributed by atoms with Gasteiger partial charge in [-0.25, -0.2) is 18.5 Å². The highest BCUT2D eigenvalue weighted by molar-refractivity contribution is 7.88. The number of nitrogens with two attached hydrogens (primary N) is 1. The van der Waals surface area contributed by atoms with E-state index in [1.165, 1.54) is 0 Å². The molecule has 74 valence electrons. The first-order chi connectivity index (χ1) is 6.54. The maximum atomic E-state index is 10.8. The normalized spacial score (nSPS) is 12.1. The number of rotatable bonds is 2. The molecule has 0 atom stereocenters. The molecule has 0 saturated carbocycles. The molecule has 1 heterocycles. The van der Waals surface area contributed by atoms with Gasteiger partial charge >= 0.3 is 0 Å². The van der Waals surface area contributed by atoms with Gasteiger partial charge in [0.05, 0.1) is 23.1 Å². The molecule has 2 rings (SSSR count). The van der Waals surface area contributed by atoms with Crippen molar-refractivity contribution in [2.45, 2.75) is 5.75 Å². The summed E-state index contributed by atoms with van der Waals surface area (Å²) in [6.45, 7) is 0. The zero-order valence-electron chi connectivity index (χ0n) is 7.27. The van der Waals surface area contributed by atoms with Crippen molar-refractivity contribution < 1.29 is 8.42 Å². The maximum absolute atomic E-state index is 10.8. The minimum atomic E-state index is -3.46. The van der Waals surface area contributed by atoms with Gasteiger partial charge in [0.15, 0.2) is 0 Å². The number of nitrogens with zero attached hydrogens (tertiary/aromatic N) is 1. The lowest BCUT2D eigenvalue weighted by molar-refractivity contribution is 0.597. The Morgan fingerprint density at radius 2 is 2.21 bits per heavy atom. The molecule has 0 aliphatic carbocycles. The second-order valence-electron chi connectivity index (χ2n) is 3.06. The molecule has 5 nitrogen and oxygen atoms in total. The van der Waals surface area contributed by atoms with E-state index >= 15 is 0 Å². The summed E-state index contributed by atoms with van der Waals surface area (Å²) in [6.07, 6.45) is 1.56. The van der Waals surface area contributed by atoms with Gasteiger partial charge in [-0.3, -0.25) is 0 Å². The van der Waals surface area contributed by atoms with Crippen LogP contribution >= 0.6 is 0 Å². The number of aromatic amines is 1. The van der Waals surface area contributed by atoms with Gasteiger partial charge in [-0.15, -0.1) is 0 Å². The van der Waals surface area contributed by atoms with E-state index in [2.05, 4.69) is 9.97 Å². The van der Waals surface area contributed by atoms with Gasteiger partial charge in [0.1, 0.15) is 0 Å². The van der Waals surface area contributed by atoms with Crippen molar-refractivity contribution in [1.82, 2.24) is 9.97 Å². The topological polar surface area (TPSA) is 88.8 Å². The highest BCUT2D eigenvalue weighted by atomic mass is 32.2. The molecule has 0 amide bonds. The van der Waals surface area contributed by atoms with Crippen LogP contribution in [0.5, 0.6) is 0 Å². The second kappa shape index (κ2) is 3.07. The van der Waals surface area contributed by atoms with Crippen molar-refractivity contribution in [3.05, 3.63) is 30.1 Å². The monoisotopic (exact) mass is 211 g/mol. The van der Waals surface area contributed by atoms with Crippen LogP contribution in [0, 0.1) is 0 Å². The van der Waals surface area contributed by atoms with Crippen molar-refractivity contribution in [3.8, 4) is 0 Å². The number of sulfonamides is 1. The van der Waals surface area contributed by atoms with Crippen molar-refractivity contribution in [2.24, 2.45) is 5.14 Å². The van der Waals surface area contributed by atoms with E-state index in [1.807, 2.05) is 0 Å².